The lowest BCUT2D eigenvalue weighted by Gasteiger charge is -2.27. The van der Waals surface area contributed by atoms with Crippen LogP contribution in [0.2, 0.25) is 0 Å². The number of hydrogen-bond acceptors (Lipinski definition) is 5. The molecule has 5 atom stereocenters. The van der Waals surface area contributed by atoms with Gasteiger partial charge in [-0.05, 0) is 37.2 Å². The molecule has 1 aromatic rings. The highest BCUT2D eigenvalue weighted by Gasteiger charge is 2.33. The second-order valence-electron chi connectivity index (χ2n) is 10.7. The predicted octanol–water partition coefficient (Wildman–Crippen LogP) is 3.67. The van der Waals surface area contributed by atoms with Crippen molar-refractivity contribution in [3.05, 3.63) is 35.9 Å². The van der Waals surface area contributed by atoms with Crippen molar-refractivity contribution < 1.29 is 23.9 Å². The second-order valence-corrected chi connectivity index (χ2v) is 10.7. The van der Waals surface area contributed by atoms with Crippen LogP contribution in [-0.2, 0) is 30.3 Å². The zero-order chi connectivity index (χ0) is 27.4. The summed E-state index contributed by atoms with van der Waals surface area (Å²) in [6, 6.07) is 6.78. The predicted molar refractivity (Wildman–Crippen MR) is 143 cm³/mol. The van der Waals surface area contributed by atoms with Gasteiger partial charge in [0, 0.05) is 6.42 Å². The van der Waals surface area contributed by atoms with E-state index in [0.717, 1.165) is 37.7 Å². The minimum absolute atomic E-state index is 0.0445. The van der Waals surface area contributed by atoms with E-state index in [2.05, 4.69) is 22.9 Å². The number of carbonyl (C=O) groups is 4. The van der Waals surface area contributed by atoms with Gasteiger partial charge < -0.3 is 20.7 Å². The minimum atomic E-state index is -0.890. The molecule has 1 saturated heterocycles. The van der Waals surface area contributed by atoms with Gasteiger partial charge in [-0.1, -0.05) is 83.7 Å². The Bertz CT molecular complexity index is 889. The Morgan fingerprint density at radius 3 is 2.24 bits per heavy atom. The molecule has 0 aromatic heterocycles. The molecule has 0 unspecified atom stereocenters. The molecule has 3 amide bonds. The molecule has 0 bridgehead atoms. The largest absolute Gasteiger partial charge is 0.460 e. The molecule has 0 aliphatic carbocycles. The van der Waals surface area contributed by atoms with Gasteiger partial charge in [-0.25, -0.2) is 4.79 Å². The summed E-state index contributed by atoms with van der Waals surface area (Å²) in [5, 5.41) is 8.31. The number of rotatable bonds is 10. The first-order valence-corrected chi connectivity index (χ1v) is 13.7. The van der Waals surface area contributed by atoms with E-state index in [-0.39, 0.29) is 30.6 Å². The van der Waals surface area contributed by atoms with E-state index in [0.29, 0.717) is 6.42 Å². The van der Waals surface area contributed by atoms with Crippen LogP contribution in [0.15, 0.2) is 30.3 Å². The Morgan fingerprint density at radius 2 is 1.59 bits per heavy atom. The normalized spacial score (nSPS) is 24.6. The number of carbonyl (C=O) groups excluding carboxylic acids is 4. The maximum absolute atomic E-state index is 13.2. The third kappa shape index (κ3) is 10.5. The molecule has 1 aliphatic heterocycles. The van der Waals surface area contributed by atoms with E-state index in [1.807, 2.05) is 51.1 Å². The molecule has 37 heavy (non-hydrogen) atoms. The van der Waals surface area contributed by atoms with Crippen LogP contribution >= 0.6 is 0 Å². The first kappa shape index (κ1) is 30.3. The lowest BCUT2D eigenvalue weighted by molar-refractivity contribution is -0.157. The summed E-state index contributed by atoms with van der Waals surface area (Å²) in [6.45, 7) is 9.62. The van der Waals surface area contributed by atoms with Crippen LogP contribution in [0.5, 0.6) is 0 Å². The SMILES string of the molecule is CCCCCC[C@H](C)[C@@H]1CC(=O)N[C@@H](Cc2ccccc2)C(=O)N[C@@H](C)C(=O)N[C@H](CC(C)C)C(=O)O1. The minimum Gasteiger partial charge on any atom is -0.460 e. The average molecular weight is 516 g/mol. The van der Waals surface area contributed by atoms with E-state index >= 15 is 0 Å². The molecule has 0 spiro atoms. The van der Waals surface area contributed by atoms with Crippen molar-refractivity contribution in [1.29, 1.82) is 0 Å². The number of esters is 1. The highest BCUT2D eigenvalue weighted by molar-refractivity contribution is 5.94. The first-order valence-electron chi connectivity index (χ1n) is 13.7. The third-order valence-electron chi connectivity index (χ3n) is 6.80. The first-order chi connectivity index (χ1) is 17.6. The van der Waals surface area contributed by atoms with Crippen molar-refractivity contribution >= 4 is 23.7 Å². The number of nitrogens with one attached hydrogen (secondary N) is 3. The van der Waals surface area contributed by atoms with E-state index in [4.69, 9.17) is 4.74 Å². The van der Waals surface area contributed by atoms with Crippen LogP contribution in [0.4, 0.5) is 0 Å². The lowest BCUT2D eigenvalue weighted by atomic mass is 9.94. The summed E-state index contributed by atoms with van der Waals surface area (Å²) in [4.78, 5) is 52.5. The Morgan fingerprint density at radius 1 is 0.892 bits per heavy atom. The molecule has 0 saturated carbocycles. The molecular formula is C29H45N3O5. The molecule has 1 aromatic carbocycles. The summed E-state index contributed by atoms with van der Waals surface area (Å²) in [7, 11) is 0. The molecule has 206 valence electrons. The van der Waals surface area contributed by atoms with E-state index in [1.54, 1.807) is 6.92 Å². The van der Waals surface area contributed by atoms with Crippen LogP contribution in [0, 0.1) is 11.8 Å². The standard InChI is InChI=1S/C29H45N3O5/c1-6-7-8-10-13-20(4)25-18-26(33)31-23(17-22-14-11-9-12-15-22)28(35)30-21(5)27(34)32-24(16-19(2)3)29(36)37-25/h9,11-12,14-15,19-21,23-25H,6-8,10,13,16-18H2,1-5H3,(H,30,35)(H,31,33)(H,32,34)/t20-,21-,23-,24+,25-/m0/s1. The van der Waals surface area contributed by atoms with Gasteiger partial charge in [-0.3, -0.25) is 14.4 Å². The van der Waals surface area contributed by atoms with Crippen molar-refractivity contribution in [2.75, 3.05) is 0 Å². The fraction of sp³-hybridized carbons (Fsp3) is 0.655. The van der Waals surface area contributed by atoms with Crippen molar-refractivity contribution in [3.8, 4) is 0 Å². The summed E-state index contributed by atoms with van der Waals surface area (Å²) >= 11 is 0. The highest BCUT2D eigenvalue weighted by Crippen LogP contribution is 2.21. The number of ether oxygens (including phenoxy) is 1. The van der Waals surface area contributed by atoms with Crippen molar-refractivity contribution in [2.24, 2.45) is 11.8 Å². The zero-order valence-electron chi connectivity index (χ0n) is 23.0. The van der Waals surface area contributed by atoms with Gasteiger partial charge in [0.2, 0.25) is 17.7 Å². The Hall–Kier alpha value is -2.90. The number of amides is 3. The van der Waals surface area contributed by atoms with E-state index < -0.39 is 42.0 Å². The molecule has 8 nitrogen and oxygen atoms in total. The number of cyclic esters (lactones) is 1. The van der Waals surface area contributed by atoms with Crippen LogP contribution in [0.3, 0.4) is 0 Å². The van der Waals surface area contributed by atoms with Gasteiger partial charge in [0.15, 0.2) is 0 Å². The highest BCUT2D eigenvalue weighted by atomic mass is 16.5. The van der Waals surface area contributed by atoms with Gasteiger partial charge in [0.1, 0.15) is 24.2 Å². The van der Waals surface area contributed by atoms with Gasteiger partial charge >= 0.3 is 5.97 Å². The van der Waals surface area contributed by atoms with E-state index in [9.17, 15) is 19.2 Å². The van der Waals surface area contributed by atoms with E-state index in [1.165, 1.54) is 0 Å². The molecule has 8 heteroatoms. The molecule has 3 N–H and O–H groups in total. The second kappa shape index (κ2) is 15.4. The fourth-order valence-electron chi connectivity index (χ4n) is 4.53. The van der Waals surface area contributed by atoms with Crippen LogP contribution < -0.4 is 16.0 Å². The van der Waals surface area contributed by atoms with Gasteiger partial charge in [-0.15, -0.1) is 0 Å². The Labute approximate surface area is 221 Å². The molecule has 0 radical (unpaired) electrons. The molecule has 1 heterocycles. The smallest absolute Gasteiger partial charge is 0.328 e. The Kier molecular flexibility index (Phi) is 12.6. The lowest BCUT2D eigenvalue weighted by Crippen LogP contribution is -2.55. The number of hydrogen-bond donors (Lipinski definition) is 3. The topological polar surface area (TPSA) is 114 Å². The van der Waals surface area contributed by atoms with Gasteiger partial charge in [-0.2, -0.15) is 0 Å². The molecule has 1 fully saturated rings. The number of benzene rings is 1. The average Bonchev–Trinajstić information content (AvgIpc) is 2.85. The summed E-state index contributed by atoms with van der Waals surface area (Å²) < 4.78 is 5.91. The molecule has 2 rings (SSSR count). The van der Waals surface area contributed by atoms with Gasteiger partial charge in [0.25, 0.3) is 0 Å². The van der Waals surface area contributed by atoms with Crippen LogP contribution in [-0.4, -0.2) is 47.9 Å². The number of unbranched alkanes of at least 4 members (excludes halogenated alkanes) is 3. The maximum Gasteiger partial charge on any atom is 0.328 e. The Balaban J connectivity index is 2.32. The monoisotopic (exact) mass is 515 g/mol. The van der Waals surface area contributed by atoms with Crippen LogP contribution in [0.25, 0.3) is 0 Å². The third-order valence-corrected chi connectivity index (χ3v) is 6.80. The molecule has 1 aliphatic rings. The summed E-state index contributed by atoms with van der Waals surface area (Å²) in [6.07, 6.45) is 5.10. The van der Waals surface area contributed by atoms with Crippen molar-refractivity contribution in [1.82, 2.24) is 16.0 Å². The summed E-state index contributed by atoms with van der Waals surface area (Å²) in [5.41, 5.74) is 0.883. The quantitative estimate of drug-likeness (QED) is 0.325. The zero-order valence-corrected chi connectivity index (χ0v) is 23.0. The maximum atomic E-state index is 13.2. The molecular weight excluding hydrogens is 470 g/mol. The van der Waals surface area contributed by atoms with Crippen LogP contribution in [0.1, 0.15) is 85.1 Å². The van der Waals surface area contributed by atoms with Gasteiger partial charge in [0.05, 0.1) is 6.42 Å². The van der Waals surface area contributed by atoms with Crippen molar-refractivity contribution in [3.63, 3.8) is 0 Å². The summed E-state index contributed by atoms with van der Waals surface area (Å²) in [5.74, 6) is -1.74. The fourth-order valence-corrected chi connectivity index (χ4v) is 4.53. The van der Waals surface area contributed by atoms with Crippen molar-refractivity contribution in [2.45, 2.75) is 110 Å².